The van der Waals surface area contributed by atoms with Gasteiger partial charge < -0.3 is 14.2 Å². The Morgan fingerprint density at radius 3 is 2.35 bits per heavy atom. The van der Waals surface area contributed by atoms with Gasteiger partial charge in [-0.3, -0.25) is 9.59 Å². The van der Waals surface area contributed by atoms with Gasteiger partial charge in [0.2, 0.25) is 11.8 Å². The first-order chi connectivity index (χ1) is 16.5. The fourth-order valence-electron chi connectivity index (χ4n) is 5.27. The number of carbonyl (C=O) groups excluding carboxylic acids is 2. The maximum atomic E-state index is 13.2. The van der Waals surface area contributed by atoms with Crippen LogP contribution in [0.1, 0.15) is 54.9 Å². The van der Waals surface area contributed by atoms with Gasteiger partial charge in [-0.1, -0.05) is 24.6 Å². The number of aromatic nitrogens is 1. The number of benzene rings is 2. The molecule has 3 heterocycles. The van der Waals surface area contributed by atoms with Crippen molar-refractivity contribution in [2.24, 2.45) is 11.8 Å². The minimum Gasteiger partial charge on any atom is -0.436 e. The van der Waals surface area contributed by atoms with Gasteiger partial charge in [-0.25, -0.2) is 4.98 Å². The van der Waals surface area contributed by atoms with Crippen molar-refractivity contribution in [3.05, 3.63) is 53.6 Å². The molecule has 2 aromatic carbocycles. The summed E-state index contributed by atoms with van der Waals surface area (Å²) < 4.78 is 5.92. The first-order valence-electron chi connectivity index (χ1n) is 12.6. The molecule has 178 valence electrons. The first-order valence-corrected chi connectivity index (χ1v) is 12.6. The molecule has 0 spiro atoms. The predicted molar refractivity (Wildman–Crippen MR) is 132 cm³/mol. The van der Waals surface area contributed by atoms with Crippen molar-refractivity contribution in [2.75, 3.05) is 26.2 Å². The van der Waals surface area contributed by atoms with Gasteiger partial charge >= 0.3 is 0 Å². The Bertz CT molecular complexity index is 1170. The Kier molecular flexibility index (Phi) is 6.40. The summed E-state index contributed by atoms with van der Waals surface area (Å²) in [5.41, 5.74) is 4.10. The average molecular weight is 460 g/mol. The highest BCUT2D eigenvalue weighted by Gasteiger charge is 2.32. The van der Waals surface area contributed by atoms with Crippen LogP contribution in [0.5, 0.6) is 0 Å². The minimum atomic E-state index is 0.0234. The van der Waals surface area contributed by atoms with Crippen LogP contribution in [-0.2, 0) is 4.79 Å². The Balaban J connectivity index is 1.23. The zero-order chi connectivity index (χ0) is 23.7. The molecule has 1 aromatic heterocycles. The van der Waals surface area contributed by atoms with E-state index in [2.05, 4.69) is 11.9 Å². The summed E-state index contributed by atoms with van der Waals surface area (Å²) >= 11 is 0. The molecule has 6 nitrogen and oxygen atoms in total. The van der Waals surface area contributed by atoms with Crippen LogP contribution < -0.4 is 0 Å². The minimum absolute atomic E-state index is 0.0234. The van der Waals surface area contributed by atoms with Crippen molar-refractivity contribution < 1.29 is 14.0 Å². The van der Waals surface area contributed by atoms with E-state index in [4.69, 9.17) is 4.42 Å². The molecule has 34 heavy (non-hydrogen) atoms. The molecule has 1 unspecified atom stereocenters. The van der Waals surface area contributed by atoms with Gasteiger partial charge in [0.1, 0.15) is 5.52 Å². The quantitative estimate of drug-likeness (QED) is 0.531. The lowest BCUT2D eigenvalue weighted by Crippen LogP contribution is -2.45. The number of hydrogen-bond donors (Lipinski definition) is 0. The van der Waals surface area contributed by atoms with E-state index in [-0.39, 0.29) is 11.8 Å². The highest BCUT2D eigenvalue weighted by atomic mass is 16.3. The summed E-state index contributed by atoms with van der Waals surface area (Å²) in [4.78, 5) is 34.7. The second-order valence-corrected chi connectivity index (χ2v) is 9.87. The van der Waals surface area contributed by atoms with Crippen LogP contribution in [0.4, 0.5) is 0 Å². The van der Waals surface area contributed by atoms with Crippen molar-refractivity contribution >= 4 is 22.9 Å². The number of rotatable bonds is 4. The van der Waals surface area contributed by atoms with Crippen molar-refractivity contribution in [3.63, 3.8) is 0 Å². The van der Waals surface area contributed by atoms with E-state index in [0.29, 0.717) is 47.5 Å². The molecule has 2 fully saturated rings. The molecule has 3 aromatic rings. The van der Waals surface area contributed by atoms with Gasteiger partial charge in [0, 0.05) is 43.2 Å². The van der Waals surface area contributed by atoms with E-state index >= 15 is 0 Å². The van der Waals surface area contributed by atoms with Crippen molar-refractivity contribution in [3.8, 4) is 11.5 Å². The Hall–Kier alpha value is -3.15. The third kappa shape index (κ3) is 4.59. The average Bonchev–Trinajstić information content (AvgIpc) is 3.32. The SMILES string of the molecule is Cc1ccc(-c2nc3cc(C(=O)N4CCC(C(C)C(=O)N5CCCCC5)CC4)ccc3o2)cc1. The molecule has 0 N–H and O–H groups in total. The second-order valence-electron chi connectivity index (χ2n) is 9.87. The van der Waals surface area contributed by atoms with Gasteiger partial charge in [-0.05, 0) is 75.3 Å². The maximum Gasteiger partial charge on any atom is 0.253 e. The summed E-state index contributed by atoms with van der Waals surface area (Å²) in [6.07, 6.45) is 5.21. The van der Waals surface area contributed by atoms with E-state index < -0.39 is 0 Å². The summed E-state index contributed by atoms with van der Waals surface area (Å²) in [6.45, 7) is 7.29. The molecule has 0 bridgehead atoms. The Morgan fingerprint density at radius 2 is 1.65 bits per heavy atom. The lowest BCUT2D eigenvalue weighted by atomic mass is 9.84. The van der Waals surface area contributed by atoms with E-state index in [1.165, 1.54) is 12.0 Å². The van der Waals surface area contributed by atoms with Crippen molar-refractivity contribution in [1.29, 1.82) is 0 Å². The normalized spacial score (nSPS) is 18.3. The highest BCUT2D eigenvalue weighted by molar-refractivity contribution is 5.97. The van der Waals surface area contributed by atoms with E-state index in [9.17, 15) is 9.59 Å². The van der Waals surface area contributed by atoms with Crippen molar-refractivity contribution in [1.82, 2.24) is 14.8 Å². The molecule has 0 aliphatic carbocycles. The second kappa shape index (κ2) is 9.61. The molecule has 0 radical (unpaired) electrons. The van der Waals surface area contributed by atoms with E-state index in [1.807, 2.05) is 59.2 Å². The van der Waals surface area contributed by atoms with Gasteiger partial charge in [0.05, 0.1) is 0 Å². The smallest absolute Gasteiger partial charge is 0.253 e. The van der Waals surface area contributed by atoms with Crippen LogP contribution in [0.15, 0.2) is 46.9 Å². The van der Waals surface area contributed by atoms with Crippen LogP contribution in [0.2, 0.25) is 0 Å². The monoisotopic (exact) mass is 459 g/mol. The summed E-state index contributed by atoms with van der Waals surface area (Å²) in [6, 6.07) is 13.5. The number of likely N-dealkylation sites (tertiary alicyclic amines) is 2. The fourth-order valence-corrected chi connectivity index (χ4v) is 5.27. The third-order valence-electron chi connectivity index (χ3n) is 7.52. The molecule has 6 heteroatoms. The molecule has 1 atom stereocenters. The first kappa shape index (κ1) is 22.6. The Morgan fingerprint density at radius 1 is 0.941 bits per heavy atom. The van der Waals surface area contributed by atoms with Gasteiger partial charge in [0.15, 0.2) is 5.58 Å². The zero-order valence-corrected chi connectivity index (χ0v) is 20.1. The standard InChI is InChI=1S/C28H33N3O3/c1-19-6-8-22(9-7-19)26-29-24-18-23(10-11-25(24)34-26)28(33)31-16-12-21(13-17-31)20(2)27(32)30-14-4-3-5-15-30/h6-11,18,20-21H,3-5,12-17H2,1-2H3. The number of nitrogens with zero attached hydrogens (tertiary/aromatic N) is 3. The van der Waals surface area contributed by atoms with Crippen molar-refractivity contribution in [2.45, 2.75) is 46.0 Å². The molecule has 2 aliphatic rings. The summed E-state index contributed by atoms with van der Waals surface area (Å²) in [5.74, 6) is 1.25. The topological polar surface area (TPSA) is 66.7 Å². The van der Waals surface area contributed by atoms with Crippen LogP contribution in [0.3, 0.4) is 0 Å². The number of piperidine rings is 2. The van der Waals surface area contributed by atoms with Gasteiger partial charge in [0.25, 0.3) is 5.91 Å². The van der Waals surface area contributed by atoms with E-state index in [1.54, 1.807) is 0 Å². The molecule has 2 amide bonds. The number of fused-ring (bicyclic) bond motifs is 1. The van der Waals surface area contributed by atoms with Crippen LogP contribution in [0.25, 0.3) is 22.6 Å². The van der Waals surface area contributed by atoms with Crippen LogP contribution in [-0.4, -0.2) is 52.8 Å². The maximum absolute atomic E-state index is 13.2. The molecule has 2 aliphatic heterocycles. The molecular formula is C28H33N3O3. The molecule has 5 rings (SSSR count). The zero-order valence-electron chi connectivity index (χ0n) is 20.1. The lowest BCUT2D eigenvalue weighted by Gasteiger charge is -2.37. The van der Waals surface area contributed by atoms with Crippen LogP contribution in [0, 0.1) is 18.8 Å². The number of hydrogen-bond acceptors (Lipinski definition) is 4. The number of aryl methyl sites for hydroxylation is 1. The molecule has 2 saturated heterocycles. The number of oxazole rings is 1. The largest absolute Gasteiger partial charge is 0.436 e. The van der Waals surface area contributed by atoms with Crippen LogP contribution >= 0.6 is 0 Å². The lowest BCUT2D eigenvalue weighted by molar-refractivity contribution is -0.138. The summed E-state index contributed by atoms with van der Waals surface area (Å²) in [5, 5.41) is 0. The van der Waals surface area contributed by atoms with Gasteiger partial charge in [-0.15, -0.1) is 0 Å². The molecule has 0 saturated carbocycles. The fraction of sp³-hybridized carbons (Fsp3) is 0.464. The number of amides is 2. The molecular weight excluding hydrogens is 426 g/mol. The van der Waals surface area contributed by atoms with Gasteiger partial charge in [-0.2, -0.15) is 0 Å². The predicted octanol–water partition coefficient (Wildman–Crippen LogP) is 5.30. The highest BCUT2D eigenvalue weighted by Crippen LogP contribution is 2.29. The third-order valence-corrected chi connectivity index (χ3v) is 7.52. The van der Waals surface area contributed by atoms with E-state index in [0.717, 1.165) is 44.3 Å². The summed E-state index contributed by atoms with van der Waals surface area (Å²) in [7, 11) is 0. The number of carbonyl (C=O) groups is 2. The Labute approximate surface area is 200 Å².